The molecule has 1 aromatic carbocycles. The van der Waals surface area contributed by atoms with Crippen molar-refractivity contribution in [2.45, 2.75) is 25.7 Å². The molecular formula is C15H19NO2. The van der Waals surface area contributed by atoms with E-state index < -0.39 is 0 Å². The Bertz CT molecular complexity index is 450. The SMILES string of the molecule is O=C(CC1CCCNC1)c1ccc2c(c1)CCO2. The van der Waals surface area contributed by atoms with Crippen LogP contribution in [0.15, 0.2) is 18.2 Å². The lowest BCUT2D eigenvalue weighted by Gasteiger charge is -2.21. The summed E-state index contributed by atoms with van der Waals surface area (Å²) in [5.74, 6) is 1.74. The van der Waals surface area contributed by atoms with Crippen molar-refractivity contribution in [1.29, 1.82) is 0 Å². The van der Waals surface area contributed by atoms with Crippen LogP contribution < -0.4 is 10.1 Å². The van der Waals surface area contributed by atoms with Crippen molar-refractivity contribution in [3.05, 3.63) is 29.3 Å². The Kier molecular flexibility index (Phi) is 3.33. The summed E-state index contributed by atoms with van der Waals surface area (Å²) < 4.78 is 5.46. The molecule has 2 aliphatic rings. The Morgan fingerprint density at radius 2 is 2.39 bits per heavy atom. The maximum atomic E-state index is 12.2. The van der Waals surface area contributed by atoms with E-state index >= 15 is 0 Å². The molecule has 0 saturated carbocycles. The van der Waals surface area contributed by atoms with E-state index in [1.54, 1.807) is 0 Å². The third-order valence-electron chi connectivity index (χ3n) is 3.88. The molecular weight excluding hydrogens is 226 g/mol. The molecule has 1 aromatic rings. The minimum absolute atomic E-state index is 0.276. The molecule has 3 rings (SSSR count). The molecule has 1 atom stereocenters. The number of fused-ring (bicyclic) bond motifs is 1. The summed E-state index contributed by atoms with van der Waals surface area (Å²) in [6.07, 6.45) is 3.97. The van der Waals surface area contributed by atoms with Crippen molar-refractivity contribution in [2.75, 3.05) is 19.7 Å². The highest BCUT2D eigenvalue weighted by molar-refractivity contribution is 5.96. The maximum absolute atomic E-state index is 12.2. The zero-order valence-electron chi connectivity index (χ0n) is 10.6. The smallest absolute Gasteiger partial charge is 0.163 e. The monoisotopic (exact) mass is 245 g/mol. The summed E-state index contributed by atoms with van der Waals surface area (Å²) in [6, 6.07) is 5.86. The topological polar surface area (TPSA) is 38.3 Å². The number of ether oxygens (including phenoxy) is 1. The number of benzene rings is 1. The third kappa shape index (κ3) is 2.41. The van der Waals surface area contributed by atoms with E-state index in [1.807, 2.05) is 18.2 Å². The van der Waals surface area contributed by atoms with Crippen molar-refractivity contribution < 1.29 is 9.53 Å². The van der Waals surface area contributed by atoms with Gasteiger partial charge in [0.05, 0.1) is 6.61 Å². The molecule has 0 bridgehead atoms. The van der Waals surface area contributed by atoms with Crippen LogP contribution in [0.2, 0.25) is 0 Å². The number of piperidine rings is 1. The Morgan fingerprint density at radius 3 is 3.22 bits per heavy atom. The summed E-state index contributed by atoms with van der Waals surface area (Å²) in [7, 11) is 0. The average Bonchev–Trinajstić information content (AvgIpc) is 2.87. The Morgan fingerprint density at radius 1 is 1.44 bits per heavy atom. The number of nitrogens with one attached hydrogen (secondary N) is 1. The van der Waals surface area contributed by atoms with Gasteiger partial charge in [0.2, 0.25) is 0 Å². The van der Waals surface area contributed by atoms with Gasteiger partial charge < -0.3 is 10.1 Å². The molecule has 1 N–H and O–H groups in total. The van der Waals surface area contributed by atoms with Crippen LogP contribution in [0.3, 0.4) is 0 Å². The van der Waals surface area contributed by atoms with Crippen LogP contribution in [-0.4, -0.2) is 25.5 Å². The second-order valence-electron chi connectivity index (χ2n) is 5.26. The minimum Gasteiger partial charge on any atom is -0.493 e. The number of hydrogen-bond donors (Lipinski definition) is 1. The minimum atomic E-state index is 0.276. The fourth-order valence-corrected chi connectivity index (χ4v) is 2.84. The van der Waals surface area contributed by atoms with Crippen LogP contribution in [0.4, 0.5) is 0 Å². The summed E-state index contributed by atoms with van der Waals surface area (Å²) in [5, 5.41) is 3.36. The van der Waals surface area contributed by atoms with Gasteiger partial charge >= 0.3 is 0 Å². The van der Waals surface area contributed by atoms with Crippen LogP contribution in [0.25, 0.3) is 0 Å². The first-order valence-corrected chi connectivity index (χ1v) is 6.82. The first kappa shape index (κ1) is 11.7. The molecule has 0 aliphatic carbocycles. The van der Waals surface area contributed by atoms with Crippen LogP contribution in [-0.2, 0) is 6.42 Å². The molecule has 0 radical (unpaired) electrons. The van der Waals surface area contributed by atoms with Gasteiger partial charge in [-0.25, -0.2) is 0 Å². The molecule has 3 heteroatoms. The van der Waals surface area contributed by atoms with E-state index in [0.29, 0.717) is 12.3 Å². The molecule has 0 amide bonds. The molecule has 2 heterocycles. The lowest BCUT2D eigenvalue weighted by Crippen LogP contribution is -2.31. The van der Waals surface area contributed by atoms with E-state index in [9.17, 15) is 4.79 Å². The van der Waals surface area contributed by atoms with Crippen molar-refractivity contribution in [2.24, 2.45) is 5.92 Å². The van der Waals surface area contributed by atoms with Gasteiger partial charge in [0.25, 0.3) is 0 Å². The first-order valence-electron chi connectivity index (χ1n) is 6.82. The average molecular weight is 245 g/mol. The number of Topliss-reactive ketones (excluding diaryl/α,β-unsaturated/α-hetero) is 1. The van der Waals surface area contributed by atoms with E-state index in [4.69, 9.17) is 4.74 Å². The van der Waals surface area contributed by atoms with Crippen LogP contribution >= 0.6 is 0 Å². The highest BCUT2D eigenvalue weighted by atomic mass is 16.5. The molecule has 1 fully saturated rings. The molecule has 18 heavy (non-hydrogen) atoms. The molecule has 96 valence electrons. The molecule has 1 saturated heterocycles. The number of carbonyl (C=O) groups excluding carboxylic acids is 1. The molecule has 3 nitrogen and oxygen atoms in total. The van der Waals surface area contributed by atoms with Gasteiger partial charge in [-0.2, -0.15) is 0 Å². The Hall–Kier alpha value is -1.35. The van der Waals surface area contributed by atoms with E-state index in [0.717, 1.165) is 37.4 Å². The predicted molar refractivity (Wildman–Crippen MR) is 70.2 cm³/mol. The fraction of sp³-hybridized carbons (Fsp3) is 0.533. The Labute approximate surface area is 108 Å². The van der Waals surface area contributed by atoms with Crippen LogP contribution in [0.5, 0.6) is 5.75 Å². The van der Waals surface area contributed by atoms with Gasteiger partial charge in [0, 0.05) is 18.4 Å². The summed E-state index contributed by atoms with van der Waals surface area (Å²) in [4.78, 5) is 12.2. The van der Waals surface area contributed by atoms with Crippen molar-refractivity contribution >= 4 is 5.78 Å². The zero-order valence-corrected chi connectivity index (χ0v) is 10.6. The molecule has 1 unspecified atom stereocenters. The lowest BCUT2D eigenvalue weighted by atomic mass is 9.91. The summed E-state index contributed by atoms with van der Waals surface area (Å²) in [6.45, 7) is 2.83. The third-order valence-corrected chi connectivity index (χ3v) is 3.88. The van der Waals surface area contributed by atoms with Crippen molar-refractivity contribution in [3.63, 3.8) is 0 Å². The molecule has 0 aromatic heterocycles. The normalized spacial score (nSPS) is 22.3. The zero-order chi connectivity index (χ0) is 12.4. The van der Waals surface area contributed by atoms with Gasteiger partial charge in [-0.3, -0.25) is 4.79 Å². The van der Waals surface area contributed by atoms with E-state index in [2.05, 4.69) is 5.32 Å². The largest absolute Gasteiger partial charge is 0.493 e. The lowest BCUT2D eigenvalue weighted by molar-refractivity contribution is 0.0954. The standard InChI is InChI=1S/C15H19NO2/c17-14(8-11-2-1-6-16-10-11)12-3-4-15-13(9-12)5-7-18-15/h3-4,9,11,16H,1-2,5-8,10H2. The van der Waals surface area contributed by atoms with Gasteiger partial charge in [0.15, 0.2) is 5.78 Å². The van der Waals surface area contributed by atoms with E-state index in [-0.39, 0.29) is 5.78 Å². The fourth-order valence-electron chi connectivity index (χ4n) is 2.84. The van der Waals surface area contributed by atoms with Crippen LogP contribution in [0.1, 0.15) is 35.2 Å². The second-order valence-corrected chi connectivity index (χ2v) is 5.26. The van der Waals surface area contributed by atoms with Crippen molar-refractivity contribution in [3.8, 4) is 5.75 Å². The summed E-state index contributed by atoms with van der Waals surface area (Å²) >= 11 is 0. The first-order chi connectivity index (χ1) is 8.83. The van der Waals surface area contributed by atoms with Gasteiger partial charge in [-0.15, -0.1) is 0 Å². The quantitative estimate of drug-likeness (QED) is 0.830. The van der Waals surface area contributed by atoms with Crippen LogP contribution in [0, 0.1) is 5.92 Å². The number of rotatable bonds is 3. The number of ketones is 1. The van der Waals surface area contributed by atoms with Gasteiger partial charge in [0.1, 0.15) is 5.75 Å². The number of hydrogen-bond acceptors (Lipinski definition) is 3. The number of carbonyl (C=O) groups is 1. The highest BCUT2D eigenvalue weighted by Crippen LogP contribution is 2.27. The van der Waals surface area contributed by atoms with Gasteiger partial charge in [-0.1, -0.05) is 0 Å². The van der Waals surface area contributed by atoms with Crippen molar-refractivity contribution in [1.82, 2.24) is 5.32 Å². The predicted octanol–water partition coefficient (Wildman–Crippen LogP) is 2.19. The maximum Gasteiger partial charge on any atom is 0.163 e. The molecule has 2 aliphatic heterocycles. The highest BCUT2D eigenvalue weighted by Gasteiger charge is 2.19. The molecule has 0 spiro atoms. The Balaban J connectivity index is 1.68. The van der Waals surface area contributed by atoms with E-state index in [1.165, 1.54) is 18.4 Å². The summed E-state index contributed by atoms with van der Waals surface area (Å²) in [5.41, 5.74) is 2.03. The van der Waals surface area contributed by atoms with Gasteiger partial charge in [-0.05, 0) is 55.6 Å². The second kappa shape index (κ2) is 5.11.